The van der Waals surface area contributed by atoms with Crippen molar-refractivity contribution in [3.05, 3.63) is 63.7 Å². The van der Waals surface area contributed by atoms with Crippen LogP contribution in [0, 0.1) is 11.8 Å². The number of rotatable bonds is 11. The summed E-state index contributed by atoms with van der Waals surface area (Å²) in [7, 11) is 1.63. The molecule has 1 heterocycles. The predicted molar refractivity (Wildman–Crippen MR) is 150 cm³/mol. The smallest absolute Gasteiger partial charge is 0.306 e. The second-order valence-corrected chi connectivity index (χ2v) is 11.7. The molecule has 3 aliphatic rings. The van der Waals surface area contributed by atoms with Gasteiger partial charge in [0.15, 0.2) is 0 Å². The van der Waals surface area contributed by atoms with Gasteiger partial charge < -0.3 is 14.6 Å². The summed E-state index contributed by atoms with van der Waals surface area (Å²) in [6.07, 6.45) is 5.84. The molecule has 1 atom stereocenters. The summed E-state index contributed by atoms with van der Waals surface area (Å²) in [4.78, 5) is 38.9. The van der Waals surface area contributed by atoms with Crippen molar-refractivity contribution in [2.24, 2.45) is 11.8 Å². The van der Waals surface area contributed by atoms with Crippen LogP contribution < -0.4 is 4.74 Å². The molecule has 2 fully saturated rings. The van der Waals surface area contributed by atoms with Gasteiger partial charge in [0.1, 0.15) is 12.5 Å². The second kappa shape index (κ2) is 12.7. The molecule has 1 saturated heterocycles. The maximum Gasteiger partial charge on any atom is 0.306 e. The zero-order chi connectivity index (χ0) is 28.2. The first-order valence-electron chi connectivity index (χ1n) is 14.1. The van der Waals surface area contributed by atoms with E-state index in [1.165, 1.54) is 11.1 Å². The number of hydrogen-bond donors (Lipinski definition) is 1. The Labute approximate surface area is 240 Å². The average molecular weight is 569 g/mol. The monoisotopic (exact) mass is 568 g/mol. The summed E-state index contributed by atoms with van der Waals surface area (Å²) >= 11 is 6.29. The highest BCUT2D eigenvalue weighted by atomic mass is 35.5. The van der Waals surface area contributed by atoms with Crippen molar-refractivity contribution in [2.75, 3.05) is 20.4 Å². The van der Waals surface area contributed by atoms with Gasteiger partial charge in [-0.2, -0.15) is 0 Å². The summed E-state index contributed by atoms with van der Waals surface area (Å²) in [6, 6.07) is 12.6. The molecule has 2 aromatic rings. The lowest BCUT2D eigenvalue weighted by Crippen LogP contribution is -2.34. The Hall–Kier alpha value is -2.94. The Kier molecular flexibility index (Phi) is 9.08. The molecule has 1 aliphatic heterocycles. The van der Waals surface area contributed by atoms with Crippen LogP contribution >= 0.6 is 11.6 Å². The van der Waals surface area contributed by atoms with Gasteiger partial charge in [0.25, 0.3) is 0 Å². The van der Waals surface area contributed by atoms with Crippen molar-refractivity contribution >= 4 is 29.4 Å². The predicted octanol–water partition coefficient (Wildman–Crippen LogP) is 5.35. The number of carboxylic acid groups (broad SMARTS) is 1. The van der Waals surface area contributed by atoms with Gasteiger partial charge >= 0.3 is 5.97 Å². The summed E-state index contributed by atoms with van der Waals surface area (Å²) in [5.41, 5.74) is 4.60. The average Bonchev–Trinajstić information content (AvgIpc) is 3.51. The van der Waals surface area contributed by atoms with E-state index in [1.807, 2.05) is 18.2 Å². The van der Waals surface area contributed by atoms with Crippen LogP contribution in [-0.2, 0) is 38.7 Å². The van der Waals surface area contributed by atoms with Crippen LogP contribution in [0.4, 0.5) is 0 Å². The van der Waals surface area contributed by atoms with Crippen LogP contribution in [0.15, 0.2) is 36.4 Å². The van der Waals surface area contributed by atoms with Gasteiger partial charge in [-0.15, -0.1) is 0 Å². The molecule has 1 saturated carbocycles. The minimum Gasteiger partial charge on any atom is -0.496 e. The molecule has 9 heteroatoms. The molecule has 0 radical (unpaired) electrons. The van der Waals surface area contributed by atoms with Gasteiger partial charge in [-0.1, -0.05) is 29.8 Å². The lowest BCUT2D eigenvalue weighted by Gasteiger charge is -2.35. The normalized spacial score (nSPS) is 22.7. The van der Waals surface area contributed by atoms with E-state index in [0.717, 1.165) is 72.7 Å². The molecule has 0 bridgehead atoms. The number of carboxylic acids is 1. The Morgan fingerprint density at radius 3 is 2.48 bits per heavy atom. The van der Waals surface area contributed by atoms with E-state index >= 15 is 0 Å². The van der Waals surface area contributed by atoms with Gasteiger partial charge in [0, 0.05) is 42.6 Å². The SMILES string of the molecule is COc1cc(CN(C[C@H]2CC[C@H](C(=O)O)CC2)[C@H]2CCc3cc(Cl)ccc32)ccc1COCN1C(=O)CCC1=O. The highest BCUT2D eigenvalue weighted by Gasteiger charge is 2.33. The van der Waals surface area contributed by atoms with Gasteiger partial charge in [-0.3, -0.25) is 24.2 Å². The van der Waals surface area contributed by atoms with Gasteiger partial charge in [0.05, 0.1) is 19.6 Å². The number of halogens is 1. The third-order valence-corrected chi connectivity index (χ3v) is 8.89. The number of carbonyl (C=O) groups excluding carboxylic acids is 2. The molecule has 1 N–H and O–H groups in total. The van der Waals surface area contributed by atoms with Crippen molar-refractivity contribution < 1.29 is 29.0 Å². The summed E-state index contributed by atoms with van der Waals surface area (Å²) in [6.45, 7) is 1.82. The third kappa shape index (κ3) is 6.51. The Balaban J connectivity index is 1.29. The zero-order valence-corrected chi connectivity index (χ0v) is 23.7. The number of carbonyl (C=O) groups is 3. The first-order chi connectivity index (χ1) is 19.3. The highest BCUT2D eigenvalue weighted by molar-refractivity contribution is 6.30. The number of imide groups is 1. The van der Waals surface area contributed by atoms with E-state index < -0.39 is 5.97 Å². The van der Waals surface area contributed by atoms with E-state index in [1.54, 1.807) is 7.11 Å². The van der Waals surface area contributed by atoms with Gasteiger partial charge in [-0.25, -0.2) is 0 Å². The number of fused-ring (bicyclic) bond motifs is 1. The molecular weight excluding hydrogens is 532 g/mol. The minimum absolute atomic E-state index is 0.0500. The van der Waals surface area contributed by atoms with Crippen molar-refractivity contribution in [1.29, 1.82) is 0 Å². The van der Waals surface area contributed by atoms with Gasteiger partial charge in [-0.05, 0) is 79.3 Å². The third-order valence-electron chi connectivity index (χ3n) is 8.65. The molecule has 40 heavy (non-hydrogen) atoms. The van der Waals surface area contributed by atoms with E-state index in [2.05, 4.69) is 23.1 Å². The van der Waals surface area contributed by atoms with Crippen molar-refractivity contribution in [3.8, 4) is 5.75 Å². The van der Waals surface area contributed by atoms with Crippen molar-refractivity contribution in [3.63, 3.8) is 0 Å². The lowest BCUT2D eigenvalue weighted by atomic mass is 9.81. The number of methoxy groups -OCH3 is 1. The van der Waals surface area contributed by atoms with Crippen LogP contribution in [0.2, 0.25) is 5.02 Å². The molecule has 0 spiro atoms. The van der Waals surface area contributed by atoms with E-state index in [-0.39, 0.29) is 50.0 Å². The number of aliphatic carboxylic acids is 1. The van der Waals surface area contributed by atoms with E-state index in [9.17, 15) is 19.5 Å². The Bertz CT molecular complexity index is 1240. The second-order valence-electron chi connectivity index (χ2n) is 11.2. The fourth-order valence-electron chi connectivity index (χ4n) is 6.42. The quantitative estimate of drug-likeness (QED) is 0.365. The fraction of sp³-hybridized carbons (Fsp3) is 0.516. The highest BCUT2D eigenvalue weighted by Crippen LogP contribution is 2.40. The van der Waals surface area contributed by atoms with Crippen molar-refractivity contribution in [2.45, 2.75) is 70.6 Å². The van der Waals surface area contributed by atoms with E-state index in [0.29, 0.717) is 11.7 Å². The number of nitrogens with zero attached hydrogens (tertiary/aromatic N) is 2. The van der Waals surface area contributed by atoms with Crippen LogP contribution in [0.25, 0.3) is 0 Å². The van der Waals surface area contributed by atoms with E-state index in [4.69, 9.17) is 21.1 Å². The molecule has 2 aromatic carbocycles. The standard InChI is InChI=1S/C31H37ClN2O6/c1-39-28-14-21(4-7-24(28)18-40-19-34-29(35)12-13-30(34)36)17-33(16-20-2-5-22(6-3-20)31(37)38)27-11-8-23-15-25(32)9-10-26(23)27/h4,7,9-10,14-15,20,22,27H,2-3,5-6,8,11-13,16-19H2,1H3,(H,37,38)/t20-,22-,27-/m0/s1. The Morgan fingerprint density at radius 1 is 1.02 bits per heavy atom. The summed E-state index contributed by atoms with van der Waals surface area (Å²) < 4.78 is 11.4. The van der Waals surface area contributed by atoms with Gasteiger partial charge in [0.2, 0.25) is 11.8 Å². The number of benzene rings is 2. The first-order valence-corrected chi connectivity index (χ1v) is 14.5. The number of ether oxygens (including phenoxy) is 2. The molecule has 0 aromatic heterocycles. The molecule has 8 nitrogen and oxygen atoms in total. The number of likely N-dealkylation sites (tertiary alicyclic amines) is 1. The molecule has 2 amide bonds. The Morgan fingerprint density at radius 2 is 1.77 bits per heavy atom. The lowest BCUT2D eigenvalue weighted by molar-refractivity contribution is -0.145. The molecular formula is C31H37ClN2O6. The first kappa shape index (κ1) is 28.6. The fourth-order valence-corrected chi connectivity index (χ4v) is 6.62. The summed E-state index contributed by atoms with van der Waals surface area (Å²) in [5, 5.41) is 10.2. The number of hydrogen-bond acceptors (Lipinski definition) is 6. The maximum absolute atomic E-state index is 11.9. The van der Waals surface area contributed by atoms with Crippen LogP contribution in [-0.4, -0.2) is 53.1 Å². The largest absolute Gasteiger partial charge is 0.496 e. The topological polar surface area (TPSA) is 96.4 Å². The molecule has 214 valence electrons. The van der Waals surface area contributed by atoms with Crippen molar-refractivity contribution in [1.82, 2.24) is 9.80 Å². The zero-order valence-electron chi connectivity index (χ0n) is 22.9. The van der Waals surface area contributed by atoms with Crippen LogP contribution in [0.3, 0.4) is 0 Å². The molecule has 5 rings (SSSR count). The molecule has 2 aliphatic carbocycles. The minimum atomic E-state index is -0.674. The number of amides is 2. The molecule has 0 unspecified atom stereocenters. The van der Waals surface area contributed by atoms with Crippen LogP contribution in [0.5, 0.6) is 5.75 Å². The van der Waals surface area contributed by atoms with Crippen LogP contribution in [0.1, 0.15) is 73.2 Å². The maximum atomic E-state index is 11.9. The summed E-state index contributed by atoms with van der Waals surface area (Å²) in [5.74, 6) is -0.125. The number of aryl methyl sites for hydroxylation is 1.